The van der Waals surface area contributed by atoms with Crippen molar-refractivity contribution in [3.05, 3.63) is 24.3 Å². The number of likely N-dealkylation sites (N-methyl/N-ethyl adjacent to an activating group) is 1. The minimum atomic E-state index is -0.598. The maximum Gasteiger partial charge on any atom is 0.238 e. The van der Waals surface area contributed by atoms with Gasteiger partial charge in [-0.3, -0.25) is 9.69 Å². The van der Waals surface area contributed by atoms with Gasteiger partial charge in [0.15, 0.2) is 0 Å². The first kappa shape index (κ1) is 15.4. The number of nitrogens with zero attached hydrogens (tertiary/aromatic N) is 1. The Morgan fingerprint density at radius 2 is 2.11 bits per heavy atom. The topological polar surface area (TPSA) is 87.8 Å². The van der Waals surface area contributed by atoms with E-state index in [4.69, 9.17) is 10.5 Å². The molecule has 1 amide bonds. The molecule has 1 rings (SSSR count). The molecule has 1 aromatic rings. The second-order valence-electron chi connectivity index (χ2n) is 4.48. The SMILES string of the molecule is COCC(O)CN(C)CC(=O)Nc1ccc(N)cc1. The quantitative estimate of drug-likeness (QED) is 0.612. The standard InChI is InChI=1S/C13H21N3O3/c1-16(7-12(17)9-19-2)8-13(18)15-11-5-3-10(14)4-6-11/h3-6,12,17H,7-9,14H2,1-2H3,(H,15,18). The molecule has 6 nitrogen and oxygen atoms in total. The predicted molar refractivity (Wildman–Crippen MR) is 74.9 cm³/mol. The van der Waals surface area contributed by atoms with Crippen LogP contribution in [0.2, 0.25) is 0 Å². The summed E-state index contributed by atoms with van der Waals surface area (Å²) < 4.78 is 4.83. The molecule has 6 heteroatoms. The highest BCUT2D eigenvalue weighted by Gasteiger charge is 2.11. The number of nitrogens with one attached hydrogen (secondary N) is 1. The highest BCUT2D eigenvalue weighted by Crippen LogP contribution is 2.10. The molecule has 1 unspecified atom stereocenters. The van der Waals surface area contributed by atoms with E-state index in [0.29, 0.717) is 17.9 Å². The van der Waals surface area contributed by atoms with Gasteiger partial charge < -0.3 is 20.9 Å². The molecule has 0 heterocycles. The Bertz CT molecular complexity index is 395. The number of benzene rings is 1. The van der Waals surface area contributed by atoms with Crippen molar-refractivity contribution in [2.45, 2.75) is 6.10 Å². The van der Waals surface area contributed by atoms with Crippen molar-refractivity contribution in [1.82, 2.24) is 4.90 Å². The van der Waals surface area contributed by atoms with Crippen LogP contribution in [-0.2, 0) is 9.53 Å². The molecule has 4 N–H and O–H groups in total. The maximum atomic E-state index is 11.8. The van der Waals surface area contributed by atoms with Crippen molar-refractivity contribution in [3.8, 4) is 0 Å². The van der Waals surface area contributed by atoms with Crippen LogP contribution in [-0.4, -0.2) is 55.9 Å². The molecule has 0 bridgehead atoms. The number of nitrogens with two attached hydrogens (primary N) is 1. The van der Waals surface area contributed by atoms with Crippen molar-refractivity contribution in [1.29, 1.82) is 0 Å². The number of hydrogen-bond donors (Lipinski definition) is 3. The highest BCUT2D eigenvalue weighted by molar-refractivity contribution is 5.92. The van der Waals surface area contributed by atoms with Crippen LogP contribution in [0, 0.1) is 0 Å². The molecule has 0 saturated carbocycles. The third kappa shape index (κ3) is 6.19. The lowest BCUT2D eigenvalue weighted by molar-refractivity contribution is -0.117. The van der Waals surface area contributed by atoms with Crippen molar-refractivity contribution < 1.29 is 14.6 Å². The molecule has 1 atom stereocenters. The largest absolute Gasteiger partial charge is 0.399 e. The minimum absolute atomic E-state index is 0.142. The molecule has 106 valence electrons. The fourth-order valence-electron chi connectivity index (χ4n) is 1.68. The van der Waals surface area contributed by atoms with Gasteiger partial charge in [0, 0.05) is 25.0 Å². The van der Waals surface area contributed by atoms with Gasteiger partial charge in [-0.1, -0.05) is 0 Å². The van der Waals surface area contributed by atoms with Crippen LogP contribution in [0.1, 0.15) is 0 Å². The van der Waals surface area contributed by atoms with Gasteiger partial charge in [-0.2, -0.15) is 0 Å². The Balaban J connectivity index is 2.36. The van der Waals surface area contributed by atoms with Gasteiger partial charge in [-0.15, -0.1) is 0 Å². The molecule has 0 aliphatic carbocycles. The number of rotatable bonds is 7. The van der Waals surface area contributed by atoms with Gasteiger partial charge in [-0.05, 0) is 31.3 Å². The third-order valence-corrected chi connectivity index (χ3v) is 2.49. The lowest BCUT2D eigenvalue weighted by Crippen LogP contribution is -2.37. The zero-order valence-electron chi connectivity index (χ0n) is 11.3. The average Bonchev–Trinajstić information content (AvgIpc) is 2.32. The monoisotopic (exact) mass is 267 g/mol. The summed E-state index contributed by atoms with van der Waals surface area (Å²) in [5.74, 6) is -0.142. The first-order chi connectivity index (χ1) is 9.01. The summed E-state index contributed by atoms with van der Waals surface area (Å²) in [6, 6.07) is 6.93. The van der Waals surface area contributed by atoms with E-state index >= 15 is 0 Å². The molecule has 0 aliphatic rings. The molecule has 1 aromatic carbocycles. The summed E-state index contributed by atoms with van der Waals surface area (Å²) in [7, 11) is 3.29. The van der Waals surface area contributed by atoms with Gasteiger partial charge in [0.1, 0.15) is 0 Å². The zero-order valence-corrected chi connectivity index (χ0v) is 11.3. The zero-order chi connectivity index (χ0) is 14.3. The van der Waals surface area contributed by atoms with E-state index in [1.54, 1.807) is 36.2 Å². The second kappa shape index (κ2) is 7.73. The molecule has 0 radical (unpaired) electrons. The highest BCUT2D eigenvalue weighted by atomic mass is 16.5. The van der Waals surface area contributed by atoms with Gasteiger partial charge in [-0.25, -0.2) is 0 Å². The molecule has 0 fully saturated rings. The van der Waals surface area contributed by atoms with Crippen LogP contribution in [0.4, 0.5) is 11.4 Å². The second-order valence-corrected chi connectivity index (χ2v) is 4.48. The van der Waals surface area contributed by atoms with Gasteiger partial charge in [0.05, 0.1) is 19.3 Å². The van der Waals surface area contributed by atoms with E-state index in [9.17, 15) is 9.90 Å². The number of aliphatic hydroxyl groups is 1. The van der Waals surface area contributed by atoms with Gasteiger partial charge in [0.2, 0.25) is 5.91 Å². The number of anilines is 2. The Kier molecular flexibility index (Phi) is 6.27. The summed E-state index contributed by atoms with van der Waals surface area (Å²) in [5.41, 5.74) is 6.91. The van der Waals surface area contributed by atoms with E-state index in [1.807, 2.05) is 0 Å². The molecule has 0 spiro atoms. The van der Waals surface area contributed by atoms with Crippen LogP contribution >= 0.6 is 0 Å². The Morgan fingerprint density at radius 1 is 1.47 bits per heavy atom. The van der Waals surface area contributed by atoms with Crippen molar-refractivity contribution in [2.75, 3.05) is 44.9 Å². The number of amides is 1. The number of methoxy groups -OCH3 is 1. The van der Waals surface area contributed by atoms with Crippen molar-refractivity contribution in [2.24, 2.45) is 0 Å². The van der Waals surface area contributed by atoms with Gasteiger partial charge >= 0.3 is 0 Å². The minimum Gasteiger partial charge on any atom is -0.399 e. The Labute approximate surface area is 113 Å². The third-order valence-electron chi connectivity index (χ3n) is 2.49. The van der Waals surface area contributed by atoms with Gasteiger partial charge in [0.25, 0.3) is 0 Å². The van der Waals surface area contributed by atoms with Crippen LogP contribution in [0.15, 0.2) is 24.3 Å². The normalized spacial score (nSPS) is 12.4. The number of aliphatic hydroxyl groups excluding tert-OH is 1. The smallest absolute Gasteiger partial charge is 0.238 e. The van der Waals surface area contributed by atoms with Crippen LogP contribution in [0.25, 0.3) is 0 Å². The molecule has 19 heavy (non-hydrogen) atoms. The number of carbonyl (C=O) groups is 1. The first-order valence-electron chi connectivity index (χ1n) is 6.02. The maximum absolute atomic E-state index is 11.8. The number of nitrogen functional groups attached to an aromatic ring is 1. The molecular weight excluding hydrogens is 246 g/mol. The fraction of sp³-hybridized carbons (Fsp3) is 0.462. The molecule has 0 aliphatic heterocycles. The molecule has 0 saturated heterocycles. The summed E-state index contributed by atoms with van der Waals surface area (Å²) in [4.78, 5) is 13.5. The lowest BCUT2D eigenvalue weighted by Gasteiger charge is -2.19. The first-order valence-corrected chi connectivity index (χ1v) is 6.02. The van der Waals surface area contributed by atoms with E-state index in [-0.39, 0.29) is 19.1 Å². The van der Waals surface area contributed by atoms with E-state index in [2.05, 4.69) is 5.32 Å². The number of hydrogen-bond acceptors (Lipinski definition) is 5. The van der Waals surface area contributed by atoms with Crippen molar-refractivity contribution in [3.63, 3.8) is 0 Å². The fourth-order valence-corrected chi connectivity index (χ4v) is 1.68. The summed E-state index contributed by atoms with van der Waals surface area (Å²) >= 11 is 0. The number of ether oxygens (including phenoxy) is 1. The predicted octanol–water partition coefficient (Wildman–Crippen LogP) is 0.146. The molecule has 0 aromatic heterocycles. The van der Waals surface area contributed by atoms with E-state index in [0.717, 1.165) is 0 Å². The Hall–Kier alpha value is -1.63. The Morgan fingerprint density at radius 3 is 2.68 bits per heavy atom. The summed E-state index contributed by atoms with van der Waals surface area (Å²) in [5, 5.41) is 12.3. The van der Waals surface area contributed by atoms with E-state index in [1.165, 1.54) is 7.11 Å². The average molecular weight is 267 g/mol. The summed E-state index contributed by atoms with van der Waals surface area (Å²) in [6.07, 6.45) is -0.598. The van der Waals surface area contributed by atoms with Crippen LogP contribution < -0.4 is 11.1 Å². The van der Waals surface area contributed by atoms with Crippen LogP contribution in [0.3, 0.4) is 0 Å². The summed E-state index contributed by atoms with van der Waals surface area (Å²) in [6.45, 7) is 0.831. The van der Waals surface area contributed by atoms with Crippen LogP contribution in [0.5, 0.6) is 0 Å². The lowest BCUT2D eigenvalue weighted by atomic mass is 10.3. The number of carbonyl (C=O) groups excluding carboxylic acids is 1. The van der Waals surface area contributed by atoms with Crippen molar-refractivity contribution >= 4 is 17.3 Å². The van der Waals surface area contributed by atoms with E-state index < -0.39 is 6.10 Å². The molecular formula is C13H21N3O3.